The number of aryl methyl sites for hydroxylation is 2. The summed E-state index contributed by atoms with van der Waals surface area (Å²) in [6, 6.07) is 25.2. The number of aromatic nitrogens is 1. The summed E-state index contributed by atoms with van der Waals surface area (Å²) < 4.78 is 2.15. The normalized spacial score (nSPS) is 11.6. The fourth-order valence-electron chi connectivity index (χ4n) is 3.26. The van der Waals surface area contributed by atoms with Crippen LogP contribution in [0.1, 0.15) is 11.1 Å². The van der Waals surface area contributed by atoms with Crippen molar-refractivity contribution >= 4 is 22.7 Å². The molecule has 6 heteroatoms. The highest BCUT2D eigenvalue weighted by atomic mass is 32.1. The maximum atomic E-state index is 11.2. The van der Waals surface area contributed by atoms with Crippen LogP contribution in [0.4, 0.5) is 11.4 Å². The molecule has 4 rings (SSSR count). The molecule has 1 aromatic heterocycles. The van der Waals surface area contributed by atoms with Crippen molar-refractivity contribution in [2.45, 2.75) is 19.9 Å². The number of non-ortho nitro benzene ring substituents is 1. The molecule has 0 spiro atoms. The van der Waals surface area contributed by atoms with E-state index in [0.717, 1.165) is 34.7 Å². The van der Waals surface area contributed by atoms with Gasteiger partial charge in [0.2, 0.25) is 0 Å². The van der Waals surface area contributed by atoms with E-state index in [4.69, 9.17) is 4.99 Å². The van der Waals surface area contributed by atoms with Gasteiger partial charge in [-0.3, -0.25) is 10.1 Å². The Balaban J connectivity index is 1.78. The fourth-order valence-corrected chi connectivity index (χ4v) is 4.21. The molecule has 0 saturated carbocycles. The van der Waals surface area contributed by atoms with Crippen LogP contribution in [0.3, 0.4) is 0 Å². The molecule has 0 N–H and O–H groups in total. The van der Waals surface area contributed by atoms with Crippen LogP contribution in [0.5, 0.6) is 0 Å². The van der Waals surface area contributed by atoms with Crippen LogP contribution in [0, 0.1) is 17.0 Å². The van der Waals surface area contributed by atoms with Gasteiger partial charge in [0, 0.05) is 29.6 Å². The summed E-state index contributed by atoms with van der Waals surface area (Å²) in [7, 11) is 0. The van der Waals surface area contributed by atoms with Crippen molar-refractivity contribution in [2.75, 3.05) is 0 Å². The van der Waals surface area contributed by atoms with Crippen LogP contribution in [-0.4, -0.2) is 9.49 Å². The minimum Gasteiger partial charge on any atom is -0.316 e. The Kier molecular flexibility index (Phi) is 5.86. The summed E-state index contributed by atoms with van der Waals surface area (Å²) in [6.07, 6.45) is 0.848. The van der Waals surface area contributed by atoms with Gasteiger partial charge in [-0.25, -0.2) is 4.99 Å². The van der Waals surface area contributed by atoms with Crippen molar-refractivity contribution in [2.24, 2.45) is 4.99 Å². The van der Waals surface area contributed by atoms with Gasteiger partial charge in [-0.2, -0.15) is 0 Å². The van der Waals surface area contributed by atoms with Gasteiger partial charge in [0.05, 0.1) is 16.3 Å². The highest BCUT2D eigenvalue weighted by Crippen LogP contribution is 2.25. The first-order valence-corrected chi connectivity index (χ1v) is 10.6. The lowest BCUT2D eigenvalue weighted by atomic mass is 10.1. The Bertz CT molecular complexity index is 1230. The number of rotatable bonds is 6. The largest absolute Gasteiger partial charge is 0.316 e. The zero-order valence-corrected chi connectivity index (χ0v) is 17.4. The van der Waals surface area contributed by atoms with E-state index < -0.39 is 0 Å². The van der Waals surface area contributed by atoms with E-state index in [0.29, 0.717) is 0 Å². The Labute approximate surface area is 178 Å². The predicted molar refractivity (Wildman–Crippen MR) is 121 cm³/mol. The second-order valence-corrected chi connectivity index (χ2v) is 7.88. The Morgan fingerprint density at radius 2 is 1.77 bits per heavy atom. The molecule has 30 heavy (non-hydrogen) atoms. The molecule has 5 nitrogen and oxygen atoms in total. The lowest BCUT2D eigenvalue weighted by molar-refractivity contribution is -0.384. The first kappa shape index (κ1) is 19.8. The van der Waals surface area contributed by atoms with Crippen molar-refractivity contribution in [1.29, 1.82) is 0 Å². The molecule has 0 atom stereocenters. The average molecular weight is 416 g/mol. The Morgan fingerprint density at radius 3 is 2.50 bits per heavy atom. The van der Waals surface area contributed by atoms with E-state index in [9.17, 15) is 10.1 Å². The van der Waals surface area contributed by atoms with E-state index in [2.05, 4.69) is 23.6 Å². The van der Waals surface area contributed by atoms with E-state index in [1.165, 1.54) is 17.2 Å². The van der Waals surface area contributed by atoms with Gasteiger partial charge in [-0.15, -0.1) is 11.3 Å². The number of hydrogen-bond donors (Lipinski definition) is 0. The molecular formula is C24H21N3O2S. The number of nitro benzene ring substituents is 1. The van der Waals surface area contributed by atoms with Crippen LogP contribution >= 0.6 is 11.3 Å². The topological polar surface area (TPSA) is 60.4 Å². The highest BCUT2D eigenvalue weighted by Gasteiger charge is 2.12. The van der Waals surface area contributed by atoms with E-state index >= 15 is 0 Å². The second kappa shape index (κ2) is 8.88. The van der Waals surface area contributed by atoms with Gasteiger partial charge < -0.3 is 4.57 Å². The van der Waals surface area contributed by atoms with Gasteiger partial charge in [-0.1, -0.05) is 60.2 Å². The van der Waals surface area contributed by atoms with Crippen molar-refractivity contribution in [3.8, 4) is 11.3 Å². The smallest absolute Gasteiger partial charge is 0.270 e. The van der Waals surface area contributed by atoms with Gasteiger partial charge in [0.15, 0.2) is 4.80 Å². The Hall–Kier alpha value is -3.51. The summed E-state index contributed by atoms with van der Waals surface area (Å²) in [6.45, 7) is 2.78. The van der Waals surface area contributed by atoms with Gasteiger partial charge >= 0.3 is 0 Å². The van der Waals surface area contributed by atoms with Crippen molar-refractivity contribution in [1.82, 2.24) is 4.57 Å². The third-order valence-electron chi connectivity index (χ3n) is 4.88. The zero-order valence-electron chi connectivity index (χ0n) is 16.6. The quantitative estimate of drug-likeness (QED) is 0.290. The molecule has 3 aromatic carbocycles. The summed E-state index contributed by atoms with van der Waals surface area (Å²) in [5.41, 5.74) is 5.16. The first-order valence-electron chi connectivity index (χ1n) is 9.68. The summed E-state index contributed by atoms with van der Waals surface area (Å²) in [5, 5.41) is 13.3. The molecule has 0 saturated heterocycles. The molecular weight excluding hydrogens is 394 g/mol. The van der Waals surface area contributed by atoms with Crippen molar-refractivity contribution < 1.29 is 4.92 Å². The van der Waals surface area contributed by atoms with Crippen LogP contribution in [-0.2, 0) is 13.0 Å². The lowest BCUT2D eigenvalue weighted by Crippen LogP contribution is -2.17. The molecule has 0 unspecified atom stereocenters. The van der Waals surface area contributed by atoms with Crippen LogP contribution in [0.25, 0.3) is 11.3 Å². The molecule has 0 aliphatic heterocycles. The number of nitrogens with zero attached hydrogens (tertiary/aromatic N) is 3. The van der Waals surface area contributed by atoms with Crippen molar-refractivity contribution in [3.05, 3.63) is 110 Å². The molecule has 4 aromatic rings. The third kappa shape index (κ3) is 4.55. The molecule has 0 radical (unpaired) electrons. The molecule has 0 aliphatic carbocycles. The molecule has 1 heterocycles. The summed E-state index contributed by atoms with van der Waals surface area (Å²) >= 11 is 1.55. The summed E-state index contributed by atoms with van der Waals surface area (Å²) in [5.74, 6) is 0. The molecule has 0 fully saturated rings. The number of benzene rings is 3. The second-order valence-electron chi connectivity index (χ2n) is 7.05. The predicted octanol–water partition coefficient (Wildman–Crippen LogP) is 5.91. The zero-order chi connectivity index (χ0) is 20.9. The maximum absolute atomic E-state index is 11.2. The van der Waals surface area contributed by atoms with Crippen LogP contribution < -0.4 is 4.80 Å². The SMILES string of the molecule is Cc1ccc(N=c2scc(-c3cccc([N+](=O)[O-])c3)n2CCc2ccccc2)cc1. The monoisotopic (exact) mass is 415 g/mol. The first-order chi connectivity index (χ1) is 14.6. The molecule has 0 bridgehead atoms. The fraction of sp³-hybridized carbons (Fsp3) is 0.125. The molecule has 0 amide bonds. The average Bonchev–Trinajstić information content (AvgIpc) is 3.17. The standard InChI is InChI=1S/C24H21N3O2S/c1-18-10-12-21(13-11-18)25-24-26(15-14-19-6-3-2-4-7-19)23(17-30-24)20-8-5-9-22(16-20)27(28)29/h2-13,16-17H,14-15H2,1H3. The lowest BCUT2D eigenvalue weighted by Gasteiger charge is -2.10. The van der Waals surface area contributed by atoms with Crippen LogP contribution in [0.15, 0.2) is 89.2 Å². The highest BCUT2D eigenvalue weighted by molar-refractivity contribution is 7.07. The van der Waals surface area contributed by atoms with E-state index in [1.54, 1.807) is 23.5 Å². The Morgan fingerprint density at radius 1 is 1.00 bits per heavy atom. The number of thiazole rings is 1. The number of hydrogen-bond acceptors (Lipinski definition) is 4. The van der Waals surface area contributed by atoms with Crippen molar-refractivity contribution in [3.63, 3.8) is 0 Å². The minimum absolute atomic E-state index is 0.0883. The number of nitro groups is 1. The van der Waals surface area contributed by atoms with Gasteiger partial charge in [-0.05, 0) is 31.0 Å². The minimum atomic E-state index is -0.359. The van der Waals surface area contributed by atoms with E-state index in [1.807, 2.05) is 53.9 Å². The van der Waals surface area contributed by atoms with Gasteiger partial charge in [0.25, 0.3) is 5.69 Å². The maximum Gasteiger partial charge on any atom is 0.270 e. The van der Waals surface area contributed by atoms with Gasteiger partial charge in [0.1, 0.15) is 0 Å². The molecule has 0 aliphatic rings. The molecule has 150 valence electrons. The third-order valence-corrected chi connectivity index (χ3v) is 5.74. The van der Waals surface area contributed by atoms with E-state index in [-0.39, 0.29) is 10.6 Å². The van der Waals surface area contributed by atoms with Crippen LogP contribution in [0.2, 0.25) is 0 Å². The summed E-state index contributed by atoms with van der Waals surface area (Å²) in [4.78, 5) is 16.6.